The third-order valence-corrected chi connectivity index (χ3v) is 9.79. The number of aryl methyl sites for hydroxylation is 2. The van der Waals surface area contributed by atoms with E-state index in [4.69, 9.17) is 19.4 Å². The van der Waals surface area contributed by atoms with E-state index in [-0.39, 0.29) is 12.2 Å². The van der Waals surface area contributed by atoms with Crippen molar-refractivity contribution in [1.82, 2.24) is 19.8 Å². The Balaban J connectivity index is 1.13. The Bertz CT molecular complexity index is 1400. The summed E-state index contributed by atoms with van der Waals surface area (Å²) in [5, 5.41) is 4.58. The number of thiophene rings is 1. The Kier molecular flexibility index (Phi) is 8.20. The maximum atomic E-state index is 12.4. The molecule has 0 atom stereocenters. The molecule has 0 spiro atoms. The number of piperazine rings is 1. The zero-order valence-corrected chi connectivity index (χ0v) is 26.4. The summed E-state index contributed by atoms with van der Waals surface area (Å²) < 4.78 is 12.2. The number of nitrogens with one attached hydrogen (secondary N) is 1. The van der Waals surface area contributed by atoms with E-state index in [1.807, 2.05) is 20.8 Å². The smallest absolute Gasteiger partial charge is 0.410 e. The maximum Gasteiger partial charge on any atom is 0.410 e. The molecule has 1 N–H and O–H groups in total. The van der Waals surface area contributed by atoms with Gasteiger partial charge in [0.05, 0.1) is 5.39 Å². The van der Waals surface area contributed by atoms with Crippen LogP contribution in [0.3, 0.4) is 0 Å². The van der Waals surface area contributed by atoms with Crippen LogP contribution in [0.2, 0.25) is 0 Å². The highest BCUT2D eigenvalue weighted by Crippen LogP contribution is 2.42. The van der Waals surface area contributed by atoms with Crippen LogP contribution in [0, 0.1) is 0 Å². The van der Waals surface area contributed by atoms with Gasteiger partial charge in [-0.1, -0.05) is 0 Å². The lowest BCUT2D eigenvalue weighted by atomic mass is 9.92. The quantitative estimate of drug-likeness (QED) is 0.361. The van der Waals surface area contributed by atoms with Crippen LogP contribution < -0.4 is 15.0 Å². The Morgan fingerprint density at radius 1 is 1.00 bits per heavy atom. The van der Waals surface area contributed by atoms with Crippen molar-refractivity contribution in [3.05, 3.63) is 34.7 Å². The first kappa shape index (κ1) is 29.0. The number of amides is 1. The number of carbonyl (C=O) groups is 1. The fraction of sp³-hybridized carbons (Fsp3) is 0.594. The number of fused-ring (bicyclic) bond motifs is 3. The predicted molar refractivity (Wildman–Crippen MR) is 170 cm³/mol. The van der Waals surface area contributed by atoms with Crippen molar-refractivity contribution in [2.24, 2.45) is 0 Å². The molecule has 1 saturated heterocycles. The second kappa shape index (κ2) is 11.9. The molecule has 0 radical (unpaired) electrons. The number of rotatable bonds is 6. The van der Waals surface area contributed by atoms with E-state index in [1.165, 1.54) is 16.9 Å². The van der Waals surface area contributed by atoms with Crippen LogP contribution in [0.5, 0.6) is 5.88 Å². The number of aromatic nitrogens is 2. The minimum absolute atomic E-state index is 0.194. The zero-order valence-electron chi connectivity index (χ0n) is 25.6. The third kappa shape index (κ3) is 6.44. The van der Waals surface area contributed by atoms with Crippen molar-refractivity contribution in [3.63, 3.8) is 0 Å². The molecular weight excluding hydrogens is 548 g/mol. The highest BCUT2D eigenvalue weighted by Gasteiger charge is 2.29. The summed E-state index contributed by atoms with van der Waals surface area (Å²) in [6, 6.07) is 9.00. The van der Waals surface area contributed by atoms with Crippen molar-refractivity contribution in [3.8, 4) is 5.88 Å². The Morgan fingerprint density at radius 2 is 1.71 bits per heavy atom. The van der Waals surface area contributed by atoms with Gasteiger partial charge in [-0.3, -0.25) is 0 Å². The van der Waals surface area contributed by atoms with Gasteiger partial charge in [-0.25, -0.2) is 9.78 Å². The van der Waals surface area contributed by atoms with Gasteiger partial charge >= 0.3 is 6.09 Å². The van der Waals surface area contributed by atoms with Gasteiger partial charge in [0.25, 0.3) is 0 Å². The lowest BCUT2D eigenvalue weighted by Gasteiger charge is -2.36. The topological polar surface area (TPSA) is 83.1 Å². The van der Waals surface area contributed by atoms with Crippen LogP contribution in [0.1, 0.15) is 63.3 Å². The van der Waals surface area contributed by atoms with Crippen LogP contribution in [0.4, 0.5) is 22.1 Å². The Hall–Kier alpha value is -3.11. The summed E-state index contributed by atoms with van der Waals surface area (Å²) in [6.07, 6.45) is 7.78. The number of nitrogens with zero attached hydrogens (tertiary/aromatic N) is 5. The third-order valence-electron chi connectivity index (χ3n) is 8.60. The van der Waals surface area contributed by atoms with E-state index in [9.17, 15) is 4.79 Å². The number of hydrogen-bond acceptors (Lipinski definition) is 9. The number of anilines is 3. The summed E-state index contributed by atoms with van der Waals surface area (Å²) in [5.74, 6) is 1.33. The molecule has 3 aromatic rings. The van der Waals surface area contributed by atoms with Gasteiger partial charge in [0.2, 0.25) is 11.8 Å². The molecule has 3 heterocycles. The average Bonchev–Trinajstić information content (AvgIpc) is 3.54. The summed E-state index contributed by atoms with van der Waals surface area (Å²) in [7, 11) is 4.34. The van der Waals surface area contributed by atoms with Gasteiger partial charge in [0, 0.05) is 48.5 Å². The molecule has 0 unspecified atom stereocenters. The number of hydrogen-bond donors (Lipinski definition) is 1. The van der Waals surface area contributed by atoms with Crippen LogP contribution in [0.15, 0.2) is 24.3 Å². The highest BCUT2D eigenvalue weighted by molar-refractivity contribution is 7.19. The van der Waals surface area contributed by atoms with Gasteiger partial charge in [-0.2, -0.15) is 4.98 Å². The van der Waals surface area contributed by atoms with Gasteiger partial charge < -0.3 is 29.5 Å². The van der Waals surface area contributed by atoms with E-state index >= 15 is 0 Å². The molecule has 2 aliphatic carbocycles. The average molecular weight is 593 g/mol. The first-order valence-corrected chi connectivity index (χ1v) is 16.2. The molecule has 1 saturated carbocycles. The highest BCUT2D eigenvalue weighted by atomic mass is 32.1. The van der Waals surface area contributed by atoms with E-state index in [0.29, 0.717) is 25.1 Å². The fourth-order valence-corrected chi connectivity index (χ4v) is 7.55. The summed E-state index contributed by atoms with van der Waals surface area (Å²) in [4.78, 5) is 31.2. The molecule has 42 heavy (non-hydrogen) atoms. The molecule has 10 heteroatoms. The van der Waals surface area contributed by atoms with E-state index < -0.39 is 5.60 Å². The number of ether oxygens (including phenoxy) is 2. The van der Waals surface area contributed by atoms with E-state index in [0.717, 1.165) is 79.1 Å². The Morgan fingerprint density at radius 3 is 2.38 bits per heavy atom. The molecule has 0 bridgehead atoms. The first-order valence-electron chi connectivity index (χ1n) is 15.4. The van der Waals surface area contributed by atoms with Gasteiger partial charge in [0.1, 0.15) is 16.5 Å². The Labute approximate surface area is 253 Å². The monoisotopic (exact) mass is 592 g/mol. The van der Waals surface area contributed by atoms with Crippen molar-refractivity contribution < 1.29 is 14.3 Å². The maximum absolute atomic E-state index is 12.4. The van der Waals surface area contributed by atoms with Crippen molar-refractivity contribution >= 4 is 45.0 Å². The van der Waals surface area contributed by atoms with E-state index in [1.54, 1.807) is 16.2 Å². The predicted octanol–water partition coefficient (Wildman–Crippen LogP) is 6.23. The standard InChI is InChI=1S/C32H44N6O3S/c1-32(2,3)41-31(39)38-19-17-37(18-20-38)23-11-9-21(10-12-23)33-30-34-28(40-24-15-13-22(14-16-24)36(4)5)27-25-7-6-8-26(25)42-29(27)35-30/h9-12,22,24H,6-8,13-20H2,1-5H3,(H,33,34,35)/t22-,24-. The molecule has 1 amide bonds. The molecule has 2 aromatic heterocycles. The van der Waals surface area contributed by atoms with Crippen LogP contribution in [-0.2, 0) is 17.6 Å². The van der Waals surface area contributed by atoms with Gasteiger partial charge in [-0.15, -0.1) is 11.3 Å². The zero-order chi connectivity index (χ0) is 29.4. The van der Waals surface area contributed by atoms with Crippen LogP contribution in [0.25, 0.3) is 10.2 Å². The van der Waals surface area contributed by atoms with E-state index in [2.05, 4.69) is 53.5 Å². The molecular formula is C32H44N6O3S. The summed E-state index contributed by atoms with van der Waals surface area (Å²) in [6.45, 7) is 8.53. The molecule has 9 nitrogen and oxygen atoms in total. The molecule has 3 aliphatic rings. The normalized spacial score (nSPS) is 21.1. The summed E-state index contributed by atoms with van der Waals surface area (Å²) in [5.41, 5.74) is 2.99. The van der Waals surface area contributed by atoms with Gasteiger partial charge in [0.15, 0.2) is 0 Å². The number of carbonyl (C=O) groups excluding carboxylic acids is 1. The molecule has 1 aliphatic heterocycles. The molecule has 2 fully saturated rings. The lowest BCUT2D eigenvalue weighted by Crippen LogP contribution is -2.50. The van der Waals surface area contributed by atoms with Gasteiger partial charge in [-0.05, 0) is 110 Å². The van der Waals surface area contributed by atoms with Crippen molar-refractivity contribution in [2.75, 3.05) is 50.5 Å². The van der Waals surface area contributed by atoms with Crippen LogP contribution >= 0.6 is 11.3 Å². The number of benzene rings is 1. The molecule has 1 aromatic carbocycles. The van der Waals surface area contributed by atoms with Crippen molar-refractivity contribution in [1.29, 1.82) is 0 Å². The second-order valence-corrected chi connectivity index (χ2v) is 14.1. The fourth-order valence-electron chi connectivity index (χ4n) is 6.30. The lowest BCUT2D eigenvalue weighted by molar-refractivity contribution is 0.0240. The summed E-state index contributed by atoms with van der Waals surface area (Å²) >= 11 is 1.80. The minimum Gasteiger partial charge on any atom is -0.474 e. The second-order valence-electron chi connectivity index (χ2n) is 13.0. The van der Waals surface area contributed by atoms with Crippen molar-refractivity contribution in [2.45, 2.75) is 83.5 Å². The first-order chi connectivity index (χ1) is 20.1. The van der Waals surface area contributed by atoms with Crippen LogP contribution in [-0.4, -0.2) is 83.9 Å². The molecule has 6 rings (SSSR count). The molecule has 226 valence electrons. The SMILES string of the molecule is CN(C)[C@H]1CC[C@H](Oc2nc(Nc3ccc(N4CCN(C(=O)OC(C)(C)C)CC4)cc3)nc3sc4c(c23)CCC4)CC1. The minimum atomic E-state index is -0.479. The largest absolute Gasteiger partial charge is 0.474 e.